The quantitative estimate of drug-likeness (QED) is 0.0313. The highest BCUT2D eigenvalue weighted by molar-refractivity contribution is 6.39. The maximum absolute atomic E-state index is 14.8. The number of urea groups is 2. The predicted molar refractivity (Wildman–Crippen MR) is 542 cm³/mol. The molecule has 4 aliphatic heterocycles. The van der Waals surface area contributed by atoms with Crippen LogP contribution in [-0.4, -0.2) is 286 Å². The van der Waals surface area contributed by atoms with Crippen LogP contribution in [0.2, 0.25) is 0 Å². The average molecular weight is 2070 g/mol. The van der Waals surface area contributed by atoms with Crippen molar-refractivity contribution in [2.45, 2.75) is 348 Å². The predicted octanol–water partition coefficient (Wildman–Crippen LogP) is 6.77. The molecular weight excluding hydrogens is 1910 g/mol. The molecule has 14 N–H and O–H groups in total. The van der Waals surface area contributed by atoms with Gasteiger partial charge in [0, 0.05) is 77.2 Å². The van der Waals surface area contributed by atoms with Gasteiger partial charge in [0.15, 0.2) is 0 Å². The van der Waals surface area contributed by atoms with Crippen LogP contribution < -0.4 is 69.5 Å². The normalized spacial score (nSPS) is 25.0. The summed E-state index contributed by atoms with van der Waals surface area (Å²) in [5.74, 6) is -16.4. The van der Waals surface area contributed by atoms with Crippen LogP contribution in [0.1, 0.15) is 271 Å². The number of nitrogens with one attached hydrogen (secondary N) is 12. The number of amides is 18. The maximum Gasteiger partial charge on any atom is 0.408 e. The third kappa shape index (κ3) is 29.1. The number of halogens is 2. The second-order valence-electron chi connectivity index (χ2n) is 49.8. The highest BCUT2D eigenvalue weighted by atomic mass is 19.3. The number of likely N-dealkylation sites (N-methyl/N-ethyl adjacent to an activating group) is 2. The Balaban J connectivity index is 0.000000216. The lowest BCUT2D eigenvalue weighted by atomic mass is 9.70. The molecule has 2 aromatic carbocycles. The molecule has 0 spiro atoms. The lowest BCUT2D eigenvalue weighted by Gasteiger charge is -2.42. The molecule has 2 aromatic rings. The van der Waals surface area contributed by atoms with Crippen molar-refractivity contribution in [3.8, 4) is 0 Å². The molecule has 7 aliphatic carbocycles. The van der Waals surface area contributed by atoms with Gasteiger partial charge in [0.1, 0.15) is 53.9 Å². The number of nitrogens with zero attached hydrogens (tertiary/aromatic N) is 5. The van der Waals surface area contributed by atoms with Crippen LogP contribution in [0.25, 0.3) is 0 Å². The first-order valence-corrected chi connectivity index (χ1v) is 52.1. The molecule has 41 heteroatoms. The molecule has 18 atom stereocenters. The van der Waals surface area contributed by atoms with Crippen LogP contribution in [0.4, 0.5) is 23.2 Å². The summed E-state index contributed by atoms with van der Waals surface area (Å²) < 4.78 is 40.2. The first-order chi connectivity index (χ1) is 68.5. The van der Waals surface area contributed by atoms with E-state index in [1.165, 1.54) is 33.7 Å². The number of fused-ring (bicyclic) bond motifs is 3. The molecule has 13 rings (SSSR count). The topological polar surface area (TPSA) is 529 Å². The van der Waals surface area contributed by atoms with Crippen LogP contribution in [-0.2, 0) is 86.2 Å². The minimum Gasteiger partial charge on any atom is -0.444 e. The number of Topliss-reactive ketones (excluding diaryl/α,β-unsaturated/α-hetero) is 3. The molecule has 11 fully saturated rings. The van der Waals surface area contributed by atoms with Gasteiger partial charge < -0.3 is 104 Å². The minimum atomic E-state index is -3.08. The van der Waals surface area contributed by atoms with Crippen LogP contribution in [0, 0.1) is 74.4 Å². The summed E-state index contributed by atoms with van der Waals surface area (Å²) in [5, 5.41) is 32.1. The second-order valence-corrected chi connectivity index (χ2v) is 49.8. The van der Waals surface area contributed by atoms with Crippen LogP contribution in [0.15, 0.2) is 60.7 Å². The smallest absolute Gasteiger partial charge is 0.408 e. The Morgan fingerprint density at radius 2 is 0.878 bits per heavy atom. The van der Waals surface area contributed by atoms with Crippen molar-refractivity contribution < 1.29 is 109 Å². The number of primary amides is 1. The van der Waals surface area contributed by atoms with E-state index in [-0.39, 0.29) is 83.2 Å². The molecule has 818 valence electrons. The zero-order valence-electron chi connectivity index (χ0n) is 90.5. The summed E-state index contributed by atoms with van der Waals surface area (Å²) in [6.45, 7) is 36.8. The molecule has 0 bridgehead atoms. The van der Waals surface area contributed by atoms with Crippen molar-refractivity contribution in [2.75, 3.05) is 60.9 Å². The highest BCUT2D eigenvalue weighted by Gasteiger charge is 2.72. The molecule has 6 unspecified atom stereocenters. The van der Waals surface area contributed by atoms with Crippen molar-refractivity contribution in [3.63, 3.8) is 0 Å². The number of alkyl halides is 2. The van der Waals surface area contributed by atoms with Crippen molar-refractivity contribution in [3.05, 3.63) is 71.8 Å². The largest absolute Gasteiger partial charge is 0.444 e. The Kier molecular flexibility index (Phi) is 35.5. The van der Waals surface area contributed by atoms with Gasteiger partial charge in [-0.1, -0.05) is 188 Å². The summed E-state index contributed by atoms with van der Waals surface area (Å²) in [6, 6.07) is 4.32. The number of hydrogen-bond acceptors (Lipinski definition) is 21. The molecule has 7 saturated carbocycles. The summed E-state index contributed by atoms with van der Waals surface area (Å²) in [5.41, 5.74) is 1.67. The van der Waals surface area contributed by atoms with Gasteiger partial charge in [-0.25, -0.2) is 23.2 Å². The zero-order chi connectivity index (χ0) is 110. The summed E-state index contributed by atoms with van der Waals surface area (Å²) in [6.07, 6.45) is 9.42. The van der Waals surface area contributed by atoms with Gasteiger partial charge in [-0.2, -0.15) is 0 Å². The van der Waals surface area contributed by atoms with E-state index in [4.69, 9.17) is 15.2 Å². The van der Waals surface area contributed by atoms with E-state index in [0.717, 1.165) is 64.2 Å². The van der Waals surface area contributed by atoms with E-state index >= 15 is 0 Å². The van der Waals surface area contributed by atoms with E-state index in [2.05, 4.69) is 77.6 Å². The van der Waals surface area contributed by atoms with Crippen molar-refractivity contribution >= 4 is 112 Å². The van der Waals surface area contributed by atoms with E-state index in [1.807, 2.05) is 62.3 Å². The number of alkyl carbamates (subject to hydrolysis) is 1. The zero-order valence-corrected chi connectivity index (χ0v) is 90.5. The Hall–Kier alpha value is -11.8. The lowest BCUT2D eigenvalue weighted by molar-refractivity contribution is -0.146. The molecule has 4 heterocycles. The Morgan fingerprint density at radius 1 is 0.473 bits per heavy atom. The first kappa shape index (κ1) is 116. The standard InChI is InChI=1S/C42H62N6O9.C38H55F2N7O7.C27H43N5O5/c1-40(2,3)57-39(55)46-34(42(6)19-13-10-14-20-42)38(54)48-24-29-27(22-41(4,5)56-29)32(48)35(51)44-28(21-25-17-18-25)33(50)36(52)43-23-30(49)45-31(37(53)47(7)8)26-15-11-9-12-16-26;1-35(2,3)29(44-34(54)45-36(4,5)6)33(53)47-19-22-25(37(22,7)8)27(47)30(50)42-23(16-21-17-38(21,39)40)28(49)31(51)41-18-24(48)43-26(32(52)46(9)10)20-14-12-11-13-15-20;1-25(2,3)20(30-24(37)31-27(6)10-11-27)23(36)32-13-15-17(26(15,4)5)18(32)22(35)29-16(19(33)21(28)34)12-14-8-7-9-14/h9,11-12,15-16,25,27-29,31-32,34H,10,13-14,17-24H2,1-8H3,(H,43,52)(H,44,51)(H,45,49)(H,46,55);11-15,21-23,25-27,29H,16-19H2,1-10H3,(H,41,51)(H,42,50)(H,43,48)(H2,44,45,54);14-18,20H,7-13H2,1-6H3,(H2,28,34)(H,29,35)(H2,30,31,37)/t27-,28?,29-,31-,32-,34+;21?,22-,23?,25-,26-,27-,29+;15?,16?,17?,18-,20+/m000/s1. The van der Waals surface area contributed by atoms with E-state index in [0.29, 0.717) is 43.4 Å². The molecule has 18 amide bonds. The fraction of sp³-hybridized carbons (Fsp3) is 0.710. The van der Waals surface area contributed by atoms with Crippen molar-refractivity contribution in [1.82, 2.24) is 88.3 Å². The van der Waals surface area contributed by atoms with Gasteiger partial charge in [-0.3, -0.25) is 76.7 Å². The third-order valence-electron chi connectivity index (χ3n) is 31.3. The number of carbonyl (C=O) groups excluding carboxylic acids is 19. The van der Waals surface area contributed by atoms with Crippen molar-refractivity contribution in [1.29, 1.82) is 0 Å². The molecule has 11 aliphatic rings. The summed E-state index contributed by atoms with van der Waals surface area (Å²) >= 11 is 0. The first-order valence-electron chi connectivity index (χ1n) is 52.1. The van der Waals surface area contributed by atoms with E-state index in [9.17, 15) is 99.9 Å². The van der Waals surface area contributed by atoms with Crippen LogP contribution in [0.5, 0.6) is 0 Å². The number of likely N-dealkylation sites (tertiary alicyclic amines) is 3. The van der Waals surface area contributed by atoms with Gasteiger partial charge in [0.25, 0.3) is 23.6 Å². The summed E-state index contributed by atoms with van der Waals surface area (Å²) in [7, 11) is 6.16. The van der Waals surface area contributed by atoms with Gasteiger partial charge in [-0.05, 0) is 187 Å². The number of benzene rings is 2. The maximum atomic E-state index is 14.8. The SMILES string of the molecule is CC1(NC(=O)N[C@H](C(=O)N2CC3C([C@H]2C(=O)NC(CC2CCC2)C(=O)C(N)=O)C3(C)C)C(C)(C)C)CC1.CN(C)C(=O)[C@@H](NC(=O)CNC(=O)C(=O)C(CC1CC1(F)F)NC(=O)[C@@H]1[C@@H]2[C@H](CN1C(=O)[C@@H](NC(=O)NC(C)(C)C)C(C)(C)C)C2(C)C)c1ccccc1.CN(C)C(=O)[C@@H](NC(=O)CNC(=O)C(=O)C(CC1CC1)NC(=O)[C@@H]1[C@H]2CC(C)(C)O[C@H]2CN1C(=O)[C@@H](NC(=O)OC(C)(C)C)C1(C)CCCCC1)c1ccccc1. The number of ketones is 3. The molecular formula is C107H160F2N18O21. The molecule has 148 heavy (non-hydrogen) atoms. The van der Waals surface area contributed by atoms with Gasteiger partial charge in [0.2, 0.25) is 76.4 Å². The number of rotatable bonds is 36. The lowest BCUT2D eigenvalue weighted by Crippen LogP contribution is -2.62. The van der Waals surface area contributed by atoms with Crippen molar-refractivity contribution in [2.24, 2.45) is 80.2 Å². The highest BCUT2D eigenvalue weighted by Crippen LogP contribution is 2.66. The Labute approximate surface area is 866 Å². The molecule has 0 radical (unpaired) electrons. The van der Waals surface area contributed by atoms with Gasteiger partial charge in [-0.15, -0.1) is 0 Å². The number of nitrogens with two attached hydrogens (primary N) is 1. The summed E-state index contributed by atoms with van der Waals surface area (Å²) in [4.78, 5) is 261. The number of hydrogen-bond donors (Lipinski definition) is 13. The fourth-order valence-corrected chi connectivity index (χ4v) is 21.9. The third-order valence-corrected chi connectivity index (χ3v) is 31.3. The molecule has 4 saturated heterocycles. The fourth-order valence-electron chi connectivity index (χ4n) is 21.9. The van der Waals surface area contributed by atoms with Gasteiger partial charge in [0.05, 0.1) is 42.9 Å². The number of carbonyl (C=O) groups is 19. The monoisotopic (exact) mass is 2070 g/mol. The number of ether oxygens (including phenoxy) is 2. The Morgan fingerprint density at radius 3 is 1.26 bits per heavy atom. The van der Waals surface area contributed by atoms with E-state index < -0.39 is 250 Å². The van der Waals surface area contributed by atoms with E-state index in [1.54, 1.807) is 142 Å². The number of piperidine rings is 2. The average Bonchev–Trinajstić information content (AvgIpc) is 1.52. The van der Waals surface area contributed by atoms with Gasteiger partial charge >= 0.3 is 18.2 Å². The Bertz CT molecular complexity index is 5340. The van der Waals surface area contributed by atoms with Crippen LogP contribution >= 0.6 is 0 Å². The second kappa shape index (κ2) is 45.2. The molecule has 39 nitrogen and oxygen atoms in total. The molecule has 0 aromatic heterocycles. The van der Waals surface area contributed by atoms with Crippen LogP contribution in [0.3, 0.4) is 0 Å². The minimum absolute atomic E-state index is 0.0655.